The summed E-state index contributed by atoms with van der Waals surface area (Å²) in [4.78, 5) is 13.5. The molecule has 3 nitrogen and oxygen atoms in total. The molecule has 0 heterocycles. The van der Waals surface area contributed by atoms with Gasteiger partial charge >= 0.3 is 0 Å². The van der Waals surface area contributed by atoms with Crippen LogP contribution < -0.4 is 5.73 Å². The van der Waals surface area contributed by atoms with Crippen LogP contribution in [0, 0.1) is 9.39 Å². The number of thiocarbonyl (C=S) groups is 1. The van der Waals surface area contributed by atoms with Crippen molar-refractivity contribution in [2.75, 3.05) is 13.6 Å². The molecule has 0 aromatic heterocycles. The van der Waals surface area contributed by atoms with Crippen molar-refractivity contribution >= 4 is 45.7 Å². The molecular formula is C10H10FIN2OS. The molecule has 0 unspecified atom stereocenters. The van der Waals surface area contributed by atoms with Crippen LogP contribution in [0.15, 0.2) is 18.2 Å². The second-order valence-electron chi connectivity index (χ2n) is 3.25. The lowest BCUT2D eigenvalue weighted by atomic mass is 10.2. The summed E-state index contributed by atoms with van der Waals surface area (Å²) in [5, 5.41) is 0. The predicted octanol–water partition coefficient (Wildman–Crippen LogP) is 1.79. The zero-order valence-corrected chi connectivity index (χ0v) is 11.5. The number of carbonyl (C=O) groups is 1. The maximum Gasteiger partial charge on any atom is 0.255 e. The number of likely N-dealkylation sites (N-methyl/N-ethyl adjacent to an activating group) is 1. The highest BCUT2D eigenvalue weighted by molar-refractivity contribution is 14.1. The van der Waals surface area contributed by atoms with Crippen LogP contribution >= 0.6 is 34.8 Å². The average Bonchev–Trinajstić information content (AvgIpc) is 2.15. The van der Waals surface area contributed by atoms with Crippen molar-refractivity contribution in [3.63, 3.8) is 0 Å². The van der Waals surface area contributed by atoms with E-state index in [2.05, 4.69) is 0 Å². The Kier molecular flexibility index (Phi) is 4.60. The highest BCUT2D eigenvalue weighted by Crippen LogP contribution is 2.15. The number of hydrogen-bond acceptors (Lipinski definition) is 2. The summed E-state index contributed by atoms with van der Waals surface area (Å²) >= 11 is 6.63. The van der Waals surface area contributed by atoms with Crippen LogP contribution in [0.2, 0.25) is 0 Å². The van der Waals surface area contributed by atoms with Crippen molar-refractivity contribution < 1.29 is 9.18 Å². The van der Waals surface area contributed by atoms with Crippen LogP contribution in [-0.2, 0) is 0 Å². The Morgan fingerprint density at radius 3 is 2.75 bits per heavy atom. The predicted molar refractivity (Wildman–Crippen MR) is 72.9 cm³/mol. The molecular weight excluding hydrogens is 342 g/mol. The lowest BCUT2D eigenvalue weighted by Crippen LogP contribution is -2.34. The molecule has 86 valence electrons. The fraction of sp³-hybridized carbons (Fsp3) is 0.200. The van der Waals surface area contributed by atoms with Gasteiger partial charge in [-0.1, -0.05) is 12.2 Å². The van der Waals surface area contributed by atoms with Crippen molar-refractivity contribution in [2.45, 2.75) is 0 Å². The Bertz CT molecular complexity index is 439. The van der Waals surface area contributed by atoms with Crippen LogP contribution in [0.5, 0.6) is 0 Å². The molecule has 0 aliphatic heterocycles. The van der Waals surface area contributed by atoms with E-state index in [1.807, 2.05) is 22.6 Å². The molecule has 1 aromatic carbocycles. The zero-order chi connectivity index (χ0) is 12.3. The number of hydrogen-bond donors (Lipinski definition) is 1. The van der Waals surface area contributed by atoms with E-state index in [4.69, 9.17) is 18.0 Å². The van der Waals surface area contributed by atoms with Crippen LogP contribution in [-0.4, -0.2) is 29.4 Å². The molecule has 6 heteroatoms. The monoisotopic (exact) mass is 352 g/mol. The first-order chi connectivity index (χ1) is 7.41. The van der Waals surface area contributed by atoms with Gasteiger partial charge in [0.25, 0.3) is 5.91 Å². The van der Waals surface area contributed by atoms with E-state index < -0.39 is 0 Å². The third kappa shape index (κ3) is 3.38. The summed E-state index contributed by atoms with van der Waals surface area (Å²) in [6, 6.07) is 4.02. The Balaban J connectivity index is 2.92. The largest absolute Gasteiger partial charge is 0.392 e. The molecule has 0 fully saturated rings. The molecule has 1 amide bonds. The van der Waals surface area contributed by atoms with E-state index in [-0.39, 0.29) is 23.3 Å². The van der Waals surface area contributed by atoms with Crippen LogP contribution in [0.3, 0.4) is 0 Å². The van der Waals surface area contributed by atoms with Crippen LogP contribution in [0.4, 0.5) is 4.39 Å². The lowest BCUT2D eigenvalue weighted by molar-refractivity contribution is 0.0814. The molecule has 2 N–H and O–H groups in total. The number of rotatable bonds is 3. The maximum atomic E-state index is 12.9. The summed E-state index contributed by atoms with van der Waals surface area (Å²) < 4.78 is 13.4. The van der Waals surface area contributed by atoms with Gasteiger partial charge in [-0.05, 0) is 40.8 Å². The van der Waals surface area contributed by atoms with Gasteiger partial charge in [0, 0.05) is 10.6 Å². The van der Waals surface area contributed by atoms with Gasteiger partial charge in [-0.2, -0.15) is 0 Å². The van der Waals surface area contributed by atoms with E-state index >= 15 is 0 Å². The van der Waals surface area contributed by atoms with Gasteiger partial charge in [-0.25, -0.2) is 4.39 Å². The third-order valence-electron chi connectivity index (χ3n) is 1.90. The molecule has 1 aromatic rings. The highest BCUT2D eigenvalue weighted by atomic mass is 127. The molecule has 0 spiro atoms. The molecule has 1 rings (SSSR count). The first-order valence-electron chi connectivity index (χ1n) is 4.40. The van der Waals surface area contributed by atoms with Crippen LogP contribution in [0.1, 0.15) is 10.4 Å². The van der Waals surface area contributed by atoms with Crippen LogP contribution in [0.25, 0.3) is 0 Å². The quantitative estimate of drug-likeness (QED) is 0.667. The fourth-order valence-corrected chi connectivity index (χ4v) is 2.08. The number of halogens is 2. The number of benzene rings is 1. The van der Waals surface area contributed by atoms with Crippen molar-refractivity contribution in [1.82, 2.24) is 4.90 Å². The second kappa shape index (κ2) is 5.53. The third-order valence-corrected chi connectivity index (χ3v) is 2.92. The average molecular weight is 352 g/mol. The second-order valence-corrected chi connectivity index (χ2v) is 4.94. The maximum absolute atomic E-state index is 12.9. The first-order valence-corrected chi connectivity index (χ1v) is 5.89. The van der Waals surface area contributed by atoms with E-state index in [9.17, 15) is 9.18 Å². The molecule has 0 radical (unpaired) electrons. The molecule has 0 atom stereocenters. The van der Waals surface area contributed by atoms with Gasteiger partial charge < -0.3 is 10.6 Å². The minimum atomic E-state index is -0.363. The number of amides is 1. The molecule has 0 aliphatic rings. The van der Waals surface area contributed by atoms with E-state index in [1.165, 1.54) is 23.1 Å². The smallest absolute Gasteiger partial charge is 0.255 e. The molecule has 0 bridgehead atoms. The Labute approximate surface area is 112 Å². The normalized spacial score (nSPS) is 9.94. The first kappa shape index (κ1) is 13.3. The summed E-state index contributed by atoms with van der Waals surface area (Å²) in [5.74, 6) is -0.588. The number of nitrogens with zero attached hydrogens (tertiary/aromatic N) is 1. The van der Waals surface area contributed by atoms with E-state index in [0.29, 0.717) is 9.13 Å². The Hall–Kier alpha value is -0.760. The zero-order valence-electron chi connectivity index (χ0n) is 8.54. The molecule has 16 heavy (non-hydrogen) atoms. The van der Waals surface area contributed by atoms with Gasteiger partial charge in [-0.3, -0.25) is 4.79 Å². The topological polar surface area (TPSA) is 46.3 Å². The fourth-order valence-electron chi connectivity index (χ4n) is 1.17. The minimum Gasteiger partial charge on any atom is -0.392 e. The highest BCUT2D eigenvalue weighted by Gasteiger charge is 2.15. The molecule has 0 aliphatic carbocycles. The van der Waals surface area contributed by atoms with Crippen molar-refractivity contribution in [1.29, 1.82) is 0 Å². The summed E-state index contributed by atoms with van der Waals surface area (Å²) in [6.07, 6.45) is 0. The Morgan fingerprint density at radius 2 is 2.25 bits per heavy atom. The number of nitrogens with two attached hydrogens (primary N) is 1. The van der Waals surface area contributed by atoms with Crippen molar-refractivity contribution in [3.8, 4) is 0 Å². The van der Waals surface area contributed by atoms with Crippen molar-refractivity contribution in [2.24, 2.45) is 5.73 Å². The summed E-state index contributed by atoms with van der Waals surface area (Å²) in [6.45, 7) is 0.210. The number of carbonyl (C=O) groups excluding carboxylic acids is 1. The SMILES string of the molecule is CN(CC(N)=S)C(=O)c1ccc(F)cc1I. The van der Waals surface area contributed by atoms with E-state index in [0.717, 1.165) is 0 Å². The molecule has 0 saturated heterocycles. The minimum absolute atomic E-state index is 0.210. The lowest BCUT2D eigenvalue weighted by Gasteiger charge is -2.16. The Morgan fingerprint density at radius 1 is 1.62 bits per heavy atom. The van der Waals surface area contributed by atoms with Gasteiger partial charge in [0.05, 0.1) is 17.1 Å². The van der Waals surface area contributed by atoms with E-state index in [1.54, 1.807) is 7.05 Å². The van der Waals surface area contributed by atoms with Gasteiger partial charge in [0.2, 0.25) is 0 Å². The summed E-state index contributed by atoms with van der Waals surface area (Å²) in [7, 11) is 1.60. The standard InChI is InChI=1S/C10H10FIN2OS/c1-14(5-9(13)16)10(15)7-3-2-6(11)4-8(7)12/h2-4H,5H2,1H3,(H2,13,16). The molecule has 0 saturated carbocycles. The van der Waals surface area contributed by atoms with Gasteiger partial charge in [-0.15, -0.1) is 0 Å². The van der Waals surface area contributed by atoms with Gasteiger partial charge in [0.1, 0.15) is 5.82 Å². The van der Waals surface area contributed by atoms with Crippen molar-refractivity contribution in [3.05, 3.63) is 33.1 Å². The van der Waals surface area contributed by atoms with Gasteiger partial charge in [0.15, 0.2) is 0 Å². The summed E-state index contributed by atoms with van der Waals surface area (Å²) in [5.41, 5.74) is 5.79.